The van der Waals surface area contributed by atoms with E-state index in [2.05, 4.69) is 42.5 Å². The highest BCUT2D eigenvalue weighted by Gasteiger charge is 2.66. The van der Waals surface area contributed by atoms with Gasteiger partial charge in [0.2, 0.25) is 5.91 Å². The number of fused-ring (bicyclic) bond motifs is 1. The van der Waals surface area contributed by atoms with Crippen LogP contribution < -0.4 is 0 Å². The SMILES string of the molecule is CN=C[C@]1(c2ccc(Cl)cc2F)[C@H](CC(C)(C)C)N2CN(C3CCN(C4OC4C)CC3)C(=O)[C@H]2[C@@H]1c1cccc(Cl)c1F. The first-order valence-electron chi connectivity index (χ1n) is 15.2. The lowest BCUT2D eigenvalue weighted by atomic mass is 9.62. The summed E-state index contributed by atoms with van der Waals surface area (Å²) >= 11 is 12.6. The molecule has 0 bridgehead atoms. The third-order valence-corrected chi connectivity index (χ3v) is 10.4. The van der Waals surface area contributed by atoms with E-state index in [-0.39, 0.29) is 51.3 Å². The Morgan fingerprint density at radius 3 is 2.44 bits per heavy atom. The van der Waals surface area contributed by atoms with Crippen LogP contribution in [0.1, 0.15) is 64.0 Å². The van der Waals surface area contributed by atoms with Gasteiger partial charge in [-0.25, -0.2) is 8.78 Å². The van der Waals surface area contributed by atoms with E-state index < -0.39 is 29.0 Å². The van der Waals surface area contributed by atoms with Crippen LogP contribution >= 0.6 is 23.2 Å². The number of halogens is 4. The Balaban J connectivity index is 1.49. The summed E-state index contributed by atoms with van der Waals surface area (Å²) in [5.41, 5.74) is -0.729. The molecule has 0 radical (unpaired) electrons. The van der Waals surface area contributed by atoms with E-state index in [4.69, 9.17) is 27.9 Å². The van der Waals surface area contributed by atoms with Gasteiger partial charge in [-0.3, -0.25) is 19.6 Å². The van der Waals surface area contributed by atoms with Crippen molar-refractivity contribution in [1.82, 2.24) is 14.7 Å². The summed E-state index contributed by atoms with van der Waals surface area (Å²) in [6, 6.07) is 8.46. The van der Waals surface area contributed by atoms with Crippen molar-refractivity contribution >= 4 is 35.3 Å². The first-order chi connectivity index (χ1) is 20.4. The van der Waals surface area contributed by atoms with E-state index in [1.54, 1.807) is 37.5 Å². The summed E-state index contributed by atoms with van der Waals surface area (Å²) in [6.45, 7) is 10.6. The number of amides is 1. The van der Waals surface area contributed by atoms with Crippen molar-refractivity contribution in [3.8, 4) is 0 Å². The Kier molecular flexibility index (Phi) is 8.17. The molecule has 4 aliphatic rings. The van der Waals surface area contributed by atoms with E-state index in [9.17, 15) is 4.79 Å². The number of nitrogens with zero attached hydrogens (tertiary/aromatic N) is 4. The van der Waals surface area contributed by atoms with Gasteiger partial charge in [0.25, 0.3) is 0 Å². The van der Waals surface area contributed by atoms with Crippen molar-refractivity contribution in [2.24, 2.45) is 10.4 Å². The van der Waals surface area contributed by atoms with Crippen molar-refractivity contribution in [3.05, 3.63) is 69.2 Å². The zero-order valence-electron chi connectivity index (χ0n) is 25.4. The highest BCUT2D eigenvalue weighted by atomic mass is 35.5. The molecular formula is C33H40Cl2F2N4O2. The van der Waals surface area contributed by atoms with Gasteiger partial charge >= 0.3 is 0 Å². The van der Waals surface area contributed by atoms with E-state index in [1.165, 1.54) is 12.1 Å². The average Bonchev–Trinajstić information content (AvgIpc) is 3.51. The van der Waals surface area contributed by atoms with Crippen LogP contribution in [-0.2, 0) is 14.9 Å². The van der Waals surface area contributed by atoms with Gasteiger partial charge < -0.3 is 9.64 Å². The molecule has 2 unspecified atom stereocenters. The van der Waals surface area contributed by atoms with Crippen molar-refractivity contribution < 1.29 is 18.3 Å². The lowest BCUT2D eigenvalue weighted by Gasteiger charge is -2.43. The molecule has 43 heavy (non-hydrogen) atoms. The zero-order valence-corrected chi connectivity index (χ0v) is 26.9. The number of carbonyl (C=O) groups excluding carboxylic acids is 1. The molecule has 0 aliphatic carbocycles. The second-order valence-electron chi connectivity index (χ2n) is 13.8. The van der Waals surface area contributed by atoms with E-state index in [1.807, 2.05) is 4.90 Å². The predicted octanol–water partition coefficient (Wildman–Crippen LogP) is 6.49. The second-order valence-corrected chi connectivity index (χ2v) is 14.6. The fourth-order valence-corrected chi connectivity index (χ4v) is 8.35. The maximum atomic E-state index is 16.1. The monoisotopic (exact) mass is 632 g/mol. The Labute approximate surface area is 263 Å². The molecule has 4 heterocycles. The van der Waals surface area contributed by atoms with Crippen LogP contribution in [0, 0.1) is 17.0 Å². The summed E-state index contributed by atoms with van der Waals surface area (Å²) in [4.78, 5) is 25.7. The van der Waals surface area contributed by atoms with Gasteiger partial charge in [-0.15, -0.1) is 0 Å². The zero-order chi connectivity index (χ0) is 30.8. The minimum atomic E-state index is -1.17. The van der Waals surface area contributed by atoms with E-state index >= 15 is 8.78 Å². The van der Waals surface area contributed by atoms with Crippen LogP contribution in [0.5, 0.6) is 0 Å². The van der Waals surface area contributed by atoms with Crippen LogP contribution in [0.3, 0.4) is 0 Å². The molecule has 4 saturated heterocycles. The third kappa shape index (κ3) is 5.31. The standard InChI is InChI=1S/C33H40Cl2F2N4O2/c1-19-31(43-19)39-13-11-21(12-14-39)40-18-41-26(16-32(2,3)4)33(17-38-5,23-10-9-20(34)15-25(23)36)27(29(41)30(40)42)22-7-6-8-24(35)28(22)37/h6-10,15,17,19,21,26-27,29,31H,11-14,16,18H2,1-5H3/t19?,26-,27-,29+,31?,33-/m0/s1. The van der Waals surface area contributed by atoms with Crippen LogP contribution in [0.4, 0.5) is 8.78 Å². The van der Waals surface area contributed by atoms with Gasteiger partial charge in [-0.1, -0.05) is 62.2 Å². The van der Waals surface area contributed by atoms with Gasteiger partial charge in [0, 0.05) is 54.9 Å². The number of carbonyl (C=O) groups is 1. The molecule has 10 heteroatoms. The molecule has 2 aromatic rings. The third-order valence-electron chi connectivity index (χ3n) is 9.83. The number of epoxide rings is 1. The van der Waals surface area contributed by atoms with Crippen LogP contribution in [0.15, 0.2) is 41.4 Å². The number of rotatable bonds is 6. The number of ether oxygens (including phenoxy) is 1. The number of likely N-dealkylation sites (tertiary alicyclic amines) is 1. The summed E-state index contributed by atoms with van der Waals surface area (Å²) in [7, 11) is 1.64. The second kappa shape index (κ2) is 11.4. The highest BCUT2D eigenvalue weighted by Crippen LogP contribution is 2.58. The van der Waals surface area contributed by atoms with Gasteiger partial charge in [0.05, 0.1) is 29.3 Å². The molecule has 6 nitrogen and oxygen atoms in total. The smallest absolute Gasteiger partial charge is 0.241 e. The largest absolute Gasteiger partial charge is 0.353 e. The van der Waals surface area contributed by atoms with Crippen molar-refractivity contribution in [2.75, 3.05) is 26.8 Å². The molecule has 4 fully saturated rings. The first-order valence-corrected chi connectivity index (χ1v) is 15.9. The molecule has 4 aliphatic heterocycles. The van der Waals surface area contributed by atoms with Gasteiger partial charge in [-0.2, -0.15) is 0 Å². The number of aliphatic imine (C=N–C) groups is 1. The molecule has 1 amide bonds. The summed E-state index contributed by atoms with van der Waals surface area (Å²) in [5, 5.41) is 0.231. The maximum Gasteiger partial charge on any atom is 0.241 e. The molecule has 0 N–H and O–H groups in total. The number of piperidine rings is 1. The fraction of sp³-hybridized carbons (Fsp3) is 0.576. The van der Waals surface area contributed by atoms with Gasteiger partial charge in [0.15, 0.2) is 0 Å². The molecule has 232 valence electrons. The summed E-state index contributed by atoms with van der Waals surface area (Å²) in [5.74, 6) is -1.94. The Hall–Kier alpha value is -2.10. The minimum Gasteiger partial charge on any atom is -0.353 e. The molecule has 0 aromatic heterocycles. The molecule has 0 spiro atoms. The summed E-state index contributed by atoms with van der Waals surface area (Å²) < 4.78 is 37.9. The maximum absolute atomic E-state index is 16.1. The average molecular weight is 634 g/mol. The highest BCUT2D eigenvalue weighted by molar-refractivity contribution is 6.31. The normalized spacial score (nSPS) is 32.3. The Morgan fingerprint density at radius 1 is 1.14 bits per heavy atom. The predicted molar refractivity (Wildman–Crippen MR) is 166 cm³/mol. The van der Waals surface area contributed by atoms with Gasteiger partial charge in [0.1, 0.15) is 17.9 Å². The van der Waals surface area contributed by atoms with Crippen LogP contribution in [0.2, 0.25) is 10.0 Å². The first kappa shape index (κ1) is 30.9. The molecule has 6 rings (SSSR count). The van der Waals surface area contributed by atoms with Crippen LogP contribution in [0.25, 0.3) is 0 Å². The summed E-state index contributed by atoms with van der Waals surface area (Å²) in [6.07, 6.45) is 4.47. The van der Waals surface area contributed by atoms with Crippen molar-refractivity contribution in [3.63, 3.8) is 0 Å². The van der Waals surface area contributed by atoms with Crippen molar-refractivity contribution in [2.45, 2.75) is 88.7 Å². The fourth-order valence-electron chi connectivity index (χ4n) is 8.01. The van der Waals surface area contributed by atoms with Crippen molar-refractivity contribution in [1.29, 1.82) is 0 Å². The number of hydrogen-bond acceptors (Lipinski definition) is 5. The quantitative estimate of drug-likeness (QED) is 0.270. The van der Waals surface area contributed by atoms with E-state index in [0.717, 1.165) is 25.9 Å². The molecule has 6 atom stereocenters. The van der Waals surface area contributed by atoms with Crippen LogP contribution in [-0.4, -0.2) is 84.1 Å². The Bertz CT molecular complexity index is 1430. The lowest BCUT2D eigenvalue weighted by Crippen LogP contribution is -2.52. The minimum absolute atomic E-state index is 0.0339. The topological polar surface area (TPSA) is 51.7 Å². The van der Waals surface area contributed by atoms with E-state index in [0.29, 0.717) is 18.7 Å². The lowest BCUT2D eigenvalue weighted by molar-refractivity contribution is -0.132. The molecular weight excluding hydrogens is 593 g/mol. The number of hydrogen-bond donors (Lipinski definition) is 0. The molecule has 0 saturated carbocycles. The Morgan fingerprint density at radius 2 is 1.84 bits per heavy atom. The molecule has 2 aromatic carbocycles. The number of benzene rings is 2. The van der Waals surface area contributed by atoms with Gasteiger partial charge in [-0.05, 0) is 55.4 Å².